The number of β-amino-alcohol motifs (C(OH)–C–C–N with tert-alkyl or cyclic N) is 1. The predicted molar refractivity (Wildman–Crippen MR) is 56.6 cm³/mol. The maximum absolute atomic E-state index is 9.39. The van der Waals surface area contributed by atoms with Gasteiger partial charge in [-0.15, -0.1) is 0 Å². The number of anilines is 2. The Morgan fingerprint density at radius 1 is 1.57 bits per heavy atom. The quantitative estimate of drug-likeness (QED) is 0.725. The molecule has 0 aliphatic carbocycles. The Morgan fingerprint density at radius 2 is 2.43 bits per heavy atom. The fourth-order valence-corrected chi connectivity index (χ4v) is 1.70. The van der Waals surface area contributed by atoms with Gasteiger partial charge in [-0.2, -0.15) is 0 Å². The Morgan fingerprint density at radius 3 is 2.93 bits per heavy atom. The van der Waals surface area contributed by atoms with Crippen LogP contribution in [0.4, 0.5) is 11.5 Å². The summed E-state index contributed by atoms with van der Waals surface area (Å²) in [5.41, 5.74) is 1.08. The number of nitrogens with zero attached hydrogens (tertiary/aromatic N) is 2. The normalized spacial score (nSPS) is 21.3. The summed E-state index contributed by atoms with van der Waals surface area (Å²) in [5, 5.41) is 12.4. The lowest BCUT2D eigenvalue weighted by Crippen LogP contribution is -2.21. The molecule has 1 aromatic rings. The van der Waals surface area contributed by atoms with Crippen LogP contribution >= 0.6 is 0 Å². The number of aromatic nitrogens is 1. The zero-order valence-electron chi connectivity index (χ0n) is 8.27. The maximum Gasteiger partial charge on any atom is 0.125 e. The van der Waals surface area contributed by atoms with E-state index in [1.165, 1.54) is 0 Å². The molecule has 0 aromatic carbocycles. The van der Waals surface area contributed by atoms with Crippen LogP contribution in [0.2, 0.25) is 0 Å². The zero-order chi connectivity index (χ0) is 9.97. The maximum atomic E-state index is 9.39. The van der Waals surface area contributed by atoms with Crippen LogP contribution in [0.1, 0.15) is 6.42 Å². The van der Waals surface area contributed by atoms with E-state index in [9.17, 15) is 5.11 Å². The lowest BCUT2D eigenvalue weighted by molar-refractivity contribution is 0.198. The van der Waals surface area contributed by atoms with Crippen molar-refractivity contribution in [3.63, 3.8) is 0 Å². The van der Waals surface area contributed by atoms with Crippen LogP contribution in [0.15, 0.2) is 18.3 Å². The Kier molecular flexibility index (Phi) is 2.54. The van der Waals surface area contributed by atoms with E-state index in [-0.39, 0.29) is 6.10 Å². The molecule has 14 heavy (non-hydrogen) atoms. The van der Waals surface area contributed by atoms with Crippen LogP contribution in [0.5, 0.6) is 0 Å². The first-order valence-corrected chi connectivity index (χ1v) is 4.86. The molecule has 1 aliphatic rings. The SMILES string of the molecule is CNc1ccc(N2CC[C@H](O)C2)cn1. The predicted octanol–water partition coefficient (Wildman–Crippen LogP) is 0.694. The molecule has 4 nitrogen and oxygen atoms in total. The molecule has 0 unspecified atom stereocenters. The average Bonchev–Trinajstić information content (AvgIpc) is 2.65. The van der Waals surface area contributed by atoms with Gasteiger partial charge in [-0.1, -0.05) is 0 Å². The zero-order valence-corrected chi connectivity index (χ0v) is 8.27. The largest absolute Gasteiger partial charge is 0.391 e. The molecule has 0 amide bonds. The van der Waals surface area contributed by atoms with Crippen LogP contribution in [-0.2, 0) is 0 Å². The van der Waals surface area contributed by atoms with Crippen molar-refractivity contribution in [2.24, 2.45) is 0 Å². The topological polar surface area (TPSA) is 48.4 Å². The first-order valence-electron chi connectivity index (χ1n) is 4.86. The molecule has 4 heteroatoms. The Hall–Kier alpha value is -1.29. The van der Waals surface area contributed by atoms with Crippen molar-refractivity contribution in [3.05, 3.63) is 18.3 Å². The van der Waals surface area contributed by atoms with Crippen LogP contribution in [0.25, 0.3) is 0 Å². The third kappa shape index (κ3) is 1.80. The molecule has 0 spiro atoms. The second kappa shape index (κ2) is 3.84. The van der Waals surface area contributed by atoms with Crippen LogP contribution in [0.3, 0.4) is 0 Å². The van der Waals surface area contributed by atoms with Crippen LogP contribution < -0.4 is 10.2 Å². The Balaban J connectivity index is 2.09. The van der Waals surface area contributed by atoms with E-state index in [1.807, 2.05) is 25.4 Å². The van der Waals surface area contributed by atoms with Gasteiger partial charge < -0.3 is 15.3 Å². The van der Waals surface area contributed by atoms with Gasteiger partial charge >= 0.3 is 0 Å². The van der Waals surface area contributed by atoms with Crippen molar-refractivity contribution < 1.29 is 5.11 Å². The van der Waals surface area contributed by atoms with Crippen molar-refractivity contribution in [1.82, 2.24) is 4.98 Å². The summed E-state index contributed by atoms with van der Waals surface area (Å²) in [4.78, 5) is 6.38. The molecular weight excluding hydrogens is 178 g/mol. The molecule has 76 valence electrons. The molecule has 1 aromatic heterocycles. The van der Waals surface area contributed by atoms with Gasteiger partial charge in [0.15, 0.2) is 0 Å². The van der Waals surface area contributed by atoms with E-state index in [1.54, 1.807) is 0 Å². The van der Waals surface area contributed by atoms with Crippen molar-refractivity contribution in [2.45, 2.75) is 12.5 Å². The van der Waals surface area contributed by atoms with Crippen molar-refractivity contribution >= 4 is 11.5 Å². The summed E-state index contributed by atoms with van der Waals surface area (Å²) >= 11 is 0. The Labute approximate surface area is 83.6 Å². The number of hydrogen-bond donors (Lipinski definition) is 2. The van der Waals surface area contributed by atoms with Crippen molar-refractivity contribution in [1.29, 1.82) is 0 Å². The molecule has 1 atom stereocenters. The summed E-state index contributed by atoms with van der Waals surface area (Å²) < 4.78 is 0. The number of nitrogens with one attached hydrogen (secondary N) is 1. The number of aliphatic hydroxyl groups is 1. The molecule has 2 rings (SSSR count). The smallest absolute Gasteiger partial charge is 0.125 e. The third-order valence-corrected chi connectivity index (χ3v) is 2.53. The van der Waals surface area contributed by atoms with E-state index in [0.29, 0.717) is 0 Å². The number of pyridine rings is 1. The highest BCUT2D eigenvalue weighted by Gasteiger charge is 2.20. The first kappa shape index (κ1) is 9.27. The number of rotatable bonds is 2. The number of aliphatic hydroxyl groups excluding tert-OH is 1. The van der Waals surface area contributed by atoms with E-state index < -0.39 is 0 Å². The van der Waals surface area contributed by atoms with Gasteiger partial charge in [0.25, 0.3) is 0 Å². The third-order valence-electron chi connectivity index (χ3n) is 2.53. The second-order valence-corrected chi connectivity index (χ2v) is 3.54. The summed E-state index contributed by atoms with van der Waals surface area (Å²) in [7, 11) is 1.85. The molecular formula is C10H15N3O. The van der Waals surface area contributed by atoms with Gasteiger partial charge in [-0.25, -0.2) is 4.98 Å². The lowest BCUT2D eigenvalue weighted by Gasteiger charge is -2.17. The summed E-state index contributed by atoms with van der Waals surface area (Å²) in [6.45, 7) is 1.64. The molecule has 0 bridgehead atoms. The summed E-state index contributed by atoms with van der Waals surface area (Å²) in [5.74, 6) is 0.869. The van der Waals surface area contributed by atoms with Gasteiger partial charge in [0.05, 0.1) is 18.0 Å². The Bertz CT molecular complexity index is 299. The molecule has 1 aliphatic heterocycles. The average molecular weight is 193 g/mol. The molecule has 0 saturated carbocycles. The molecule has 1 fully saturated rings. The van der Waals surface area contributed by atoms with Gasteiger partial charge in [0.1, 0.15) is 5.82 Å². The highest BCUT2D eigenvalue weighted by Crippen LogP contribution is 2.20. The fourth-order valence-electron chi connectivity index (χ4n) is 1.70. The van der Waals surface area contributed by atoms with Crippen molar-refractivity contribution in [2.75, 3.05) is 30.4 Å². The molecule has 2 heterocycles. The summed E-state index contributed by atoms with van der Waals surface area (Å²) in [6.07, 6.45) is 2.51. The van der Waals surface area contributed by atoms with Crippen LogP contribution in [0, 0.1) is 0 Å². The number of hydrogen-bond acceptors (Lipinski definition) is 4. The minimum Gasteiger partial charge on any atom is -0.391 e. The highest BCUT2D eigenvalue weighted by atomic mass is 16.3. The van der Waals surface area contributed by atoms with E-state index >= 15 is 0 Å². The van der Waals surface area contributed by atoms with Crippen LogP contribution in [-0.4, -0.2) is 36.3 Å². The van der Waals surface area contributed by atoms with Gasteiger partial charge in [0, 0.05) is 20.1 Å². The van der Waals surface area contributed by atoms with Gasteiger partial charge in [-0.05, 0) is 18.6 Å². The van der Waals surface area contributed by atoms with E-state index in [2.05, 4.69) is 15.2 Å². The molecule has 2 N–H and O–H groups in total. The minimum atomic E-state index is -0.182. The van der Waals surface area contributed by atoms with E-state index in [0.717, 1.165) is 31.0 Å². The lowest BCUT2D eigenvalue weighted by atomic mass is 10.3. The second-order valence-electron chi connectivity index (χ2n) is 3.54. The monoisotopic (exact) mass is 193 g/mol. The van der Waals surface area contributed by atoms with Gasteiger partial charge in [-0.3, -0.25) is 0 Å². The van der Waals surface area contributed by atoms with Gasteiger partial charge in [0.2, 0.25) is 0 Å². The fraction of sp³-hybridized carbons (Fsp3) is 0.500. The highest BCUT2D eigenvalue weighted by molar-refractivity contribution is 5.50. The van der Waals surface area contributed by atoms with Crippen molar-refractivity contribution in [3.8, 4) is 0 Å². The van der Waals surface area contributed by atoms with E-state index in [4.69, 9.17) is 0 Å². The standard InChI is InChI=1S/C10H15N3O/c1-11-10-3-2-8(6-12-10)13-5-4-9(14)7-13/h2-3,6,9,14H,4-5,7H2,1H3,(H,11,12)/t9-/m0/s1. The minimum absolute atomic E-state index is 0.182. The summed E-state index contributed by atoms with van der Waals surface area (Å²) in [6, 6.07) is 3.97. The molecule has 1 saturated heterocycles. The molecule has 0 radical (unpaired) electrons. The first-order chi connectivity index (χ1) is 6.79.